The number of pyridine rings is 1. The fourth-order valence-electron chi connectivity index (χ4n) is 2.62. The van der Waals surface area contributed by atoms with Crippen LogP contribution in [0.5, 0.6) is 0 Å². The monoisotopic (exact) mass is 326 g/mol. The van der Waals surface area contributed by atoms with Gasteiger partial charge in [0.1, 0.15) is 0 Å². The molecule has 3 aromatic heterocycles. The highest BCUT2D eigenvalue weighted by Gasteiger charge is 2.16. The molecule has 0 atom stereocenters. The molecule has 23 heavy (non-hydrogen) atoms. The lowest BCUT2D eigenvalue weighted by molar-refractivity contribution is 0.102. The molecule has 0 saturated carbocycles. The van der Waals surface area contributed by atoms with Crippen LogP contribution in [0.1, 0.15) is 21.7 Å². The summed E-state index contributed by atoms with van der Waals surface area (Å²) in [6.07, 6.45) is 3.74. The van der Waals surface area contributed by atoms with E-state index in [0.717, 1.165) is 27.8 Å². The molecule has 0 radical (unpaired) electrons. The second-order valence-corrected chi connectivity index (χ2v) is 6.25. The van der Waals surface area contributed by atoms with Gasteiger partial charge in [0.15, 0.2) is 16.6 Å². The molecule has 0 saturated heterocycles. The standard InChI is InChI=1S/C17H18N4OS/c1-4-8-20-12(2)10-14(13(20)3)15(22)11-23-17-19-18-16-7-5-6-9-21(16)17/h4-7,9-10H,1,8,11H2,2-3H3. The minimum absolute atomic E-state index is 0.103. The molecule has 5 nitrogen and oxygen atoms in total. The predicted octanol–water partition coefficient (Wildman–Crippen LogP) is 3.31. The Morgan fingerprint density at radius 1 is 1.35 bits per heavy atom. The topological polar surface area (TPSA) is 52.2 Å². The van der Waals surface area contributed by atoms with Crippen LogP contribution in [0.25, 0.3) is 5.65 Å². The average Bonchev–Trinajstić information content (AvgIpc) is 3.09. The van der Waals surface area contributed by atoms with Crippen molar-refractivity contribution in [2.75, 3.05) is 5.75 Å². The lowest BCUT2D eigenvalue weighted by atomic mass is 10.2. The third-order valence-electron chi connectivity index (χ3n) is 3.80. The zero-order chi connectivity index (χ0) is 16.4. The average molecular weight is 326 g/mol. The number of hydrogen-bond acceptors (Lipinski definition) is 4. The fraction of sp³-hybridized carbons (Fsp3) is 0.235. The minimum Gasteiger partial charge on any atom is -0.345 e. The van der Waals surface area contributed by atoms with E-state index >= 15 is 0 Å². The first kappa shape index (κ1) is 15.6. The Balaban J connectivity index is 1.77. The third-order valence-corrected chi connectivity index (χ3v) is 4.74. The first-order valence-corrected chi connectivity index (χ1v) is 8.33. The highest BCUT2D eigenvalue weighted by Crippen LogP contribution is 2.21. The zero-order valence-electron chi connectivity index (χ0n) is 13.2. The van der Waals surface area contributed by atoms with Crippen LogP contribution in [0, 0.1) is 13.8 Å². The van der Waals surface area contributed by atoms with Crippen molar-refractivity contribution in [3.63, 3.8) is 0 Å². The van der Waals surface area contributed by atoms with Crippen molar-refractivity contribution >= 4 is 23.2 Å². The first-order valence-electron chi connectivity index (χ1n) is 7.35. The molecule has 3 heterocycles. The van der Waals surface area contributed by atoms with Gasteiger partial charge in [-0.15, -0.1) is 16.8 Å². The quantitative estimate of drug-likeness (QED) is 0.396. The van der Waals surface area contributed by atoms with Crippen LogP contribution in [0.2, 0.25) is 0 Å². The van der Waals surface area contributed by atoms with Gasteiger partial charge in [-0.05, 0) is 32.0 Å². The highest BCUT2D eigenvalue weighted by atomic mass is 32.2. The number of carbonyl (C=O) groups is 1. The van der Waals surface area contributed by atoms with Gasteiger partial charge < -0.3 is 4.57 Å². The number of hydrogen-bond donors (Lipinski definition) is 0. The maximum Gasteiger partial charge on any atom is 0.196 e. The van der Waals surface area contributed by atoms with Crippen LogP contribution in [-0.4, -0.2) is 30.7 Å². The summed E-state index contributed by atoms with van der Waals surface area (Å²) in [5.41, 5.74) is 3.61. The Bertz CT molecular complexity index is 878. The lowest BCUT2D eigenvalue weighted by Gasteiger charge is -2.06. The van der Waals surface area contributed by atoms with Crippen LogP contribution < -0.4 is 0 Å². The molecule has 3 aromatic rings. The van der Waals surface area contributed by atoms with E-state index in [1.807, 2.05) is 54.8 Å². The van der Waals surface area contributed by atoms with Gasteiger partial charge in [-0.2, -0.15) is 0 Å². The van der Waals surface area contributed by atoms with Gasteiger partial charge in [0.2, 0.25) is 0 Å². The molecule has 0 N–H and O–H groups in total. The van der Waals surface area contributed by atoms with Crippen LogP contribution >= 0.6 is 11.8 Å². The Hall–Kier alpha value is -2.34. The highest BCUT2D eigenvalue weighted by molar-refractivity contribution is 7.99. The van der Waals surface area contributed by atoms with E-state index in [1.54, 1.807) is 0 Å². The van der Waals surface area contributed by atoms with Crippen LogP contribution in [0.3, 0.4) is 0 Å². The summed E-state index contributed by atoms with van der Waals surface area (Å²) in [5, 5.41) is 8.97. The van der Waals surface area contributed by atoms with Gasteiger partial charge in [0.25, 0.3) is 0 Å². The van der Waals surface area contributed by atoms with Crippen molar-refractivity contribution in [3.8, 4) is 0 Å². The van der Waals surface area contributed by atoms with Crippen molar-refractivity contribution in [3.05, 3.63) is 60.1 Å². The summed E-state index contributed by atoms with van der Waals surface area (Å²) in [5.74, 6) is 0.444. The number of carbonyl (C=O) groups excluding carboxylic acids is 1. The van der Waals surface area contributed by atoms with E-state index in [9.17, 15) is 4.79 Å². The molecule has 0 aliphatic rings. The maximum absolute atomic E-state index is 12.5. The number of allylic oxidation sites excluding steroid dienone is 1. The fourth-order valence-corrected chi connectivity index (χ4v) is 3.43. The summed E-state index contributed by atoms with van der Waals surface area (Å²) in [6, 6.07) is 7.68. The molecule has 0 aromatic carbocycles. The van der Waals surface area contributed by atoms with Gasteiger partial charge in [-0.25, -0.2) is 0 Å². The van der Waals surface area contributed by atoms with Crippen molar-refractivity contribution in [1.29, 1.82) is 0 Å². The number of aromatic nitrogens is 4. The van der Waals surface area contributed by atoms with Gasteiger partial charge >= 0.3 is 0 Å². The SMILES string of the molecule is C=CCn1c(C)cc(C(=O)CSc2nnc3ccccn23)c1C. The largest absolute Gasteiger partial charge is 0.345 e. The molecular formula is C17H18N4OS. The van der Waals surface area contributed by atoms with Crippen molar-refractivity contribution < 1.29 is 4.79 Å². The van der Waals surface area contributed by atoms with E-state index in [-0.39, 0.29) is 5.78 Å². The van der Waals surface area contributed by atoms with E-state index < -0.39 is 0 Å². The third kappa shape index (κ3) is 2.94. The van der Waals surface area contributed by atoms with Gasteiger partial charge in [-0.3, -0.25) is 9.20 Å². The number of thioether (sulfide) groups is 1. The normalized spacial score (nSPS) is 11.0. The molecule has 3 rings (SSSR count). The molecule has 0 aliphatic carbocycles. The first-order chi connectivity index (χ1) is 11.1. The number of fused-ring (bicyclic) bond motifs is 1. The molecular weight excluding hydrogens is 308 g/mol. The molecule has 6 heteroatoms. The zero-order valence-corrected chi connectivity index (χ0v) is 14.0. The predicted molar refractivity (Wildman–Crippen MR) is 92.1 cm³/mol. The molecule has 118 valence electrons. The Morgan fingerprint density at radius 2 is 2.17 bits per heavy atom. The van der Waals surface area contributed by atoms with Gasteiger partial charge in [-0.1, -0.05) is 23.9 Å². The molecule has 0 bridgehead atoms. The van der Waals surface area contributed by atoms with E-state index in [0.29, 0.717) is 12.3 Å². The van der Waals surface area contributed by atoms with E-state index in [1.165, 1.54) is 11.8 Å². The summed E-state index contributed by atoms with van der Waals surface area (Å²) in [7, 11) is 0. The minimum atomic E-state index is 0.103. The number of Topliss-reactive ketones (excluding diaryl/α,β-unsaturated/α-hetero) is 1. The van der Waals surface area contributed by atoms with Crippen molar-refractivity contribution in [1.82, 2.24) is 19.2 Å². The molecule has 0 unspecified atom stereocenters. The van der Waals surface area contributed by atoms with Crippen LogP contribution in [0.4, 0.5) is 0 Å². The van der Waals surface area contributed by atoms with Crippen LogP contribution in [0.15, 0.2) is 48.3 Å². The molecule has 0 fully saturated rings. The maximum atomic E-state index is 12.5. The summed E-state index contributed by atoms with van der Waals surface area (Å²) in [6.45, 7) is 8.46. The second kappa shape index (κ2) is 6.42. The second-order valence-electron chi connectivity index (χ2n) is 5.31. The van der Waals surface area contributed by atoms with E-state index in [4.69, 9.17) is 0 Å². The van der Waals surface area contributed by atoms with Crippen molar-refractivity contribution in [2.45, 2.75) is 25.5 Å². The smallest absolute Gasteiger partial charge is 0.196 e. The molecule has 0 amide bonds. The number of aryl methyl sites for hydroxylation is 1. The number of nitrogens with zero attached hydrogens (tertiary/aromatic N) is 4. The summed E-state index contributed by atoms with van der Waals surface area (Å²) in [4.78, 5) is 12.5. The lowest BCUT2D eigenvalue weighted by Crippen LogP contribution is -2.06. The Kier molecular flexibility index (Phi) is 4.34. The van der Waals surface area contributed by atoms with Crippen molar-refractivity contribution in [2.24, 2.45) is 0 Å². The van der Waals surface area contributed by atoms with Gasteiger partial charge in [0.05, 0.1) is 5.75 Å². The Morgan fingerprint density at radius 3 is 2.96 bits per heavy atom. The number of rotatable bonds is 6. The summed E-state index contributed by atoms with van der Waals surface area (Å²) >= 11 is 1.41. The summed E-state index contributed by atoms with van der Waals surface area (Å²) < 4.78 is 3.98. The van der Waals surface area contributed by atoms with Crippen LogP contribution in [-0.2, 0) is 6.54 Å². The Labute approximate surface area is 139 Å². The number of ketones is 1. The molecule has 0 aliphatic heterocycles. The van der Waals surface area contributed by atoms with Gasteiger partial charge in [0, 0.05) is 29.7 Å². The van der Waals surface area contributed by atoms with E-state index in [2.05, 4.69) is 21.3 Å². The molecule has 0 spiro atoms.